The Morgan fingerprint density at radius 3 is 2.13 bits per heavy atom. The van der Waals surface area contributed by atoms with Gasteiger partial charge in [0.15, 0.2) is 0 Å². The van der Waals surface area contributed by atoms with E-state index in [0.717, 1.165) is 11.0 Å². The van der Waals surface area contributed by atoms with E-state index >= 15 is 0 Å². The summed E-state index contributed by atoms with van der Waals surface area (Å²) in [6.45, 7) is 0. The molecule has 0 fully saturated rings. The molecular formula is C12H11N3. The minimum Gasteiger partial charge on any atom is -0.276 e. The molecule has 0 aliphatic carbocycles. The Labute approximate surface area is 87.8 Å². The Morgan fingerprint density at radius 2 is 1.53 bits per heavy atom. The summed E-state index contributed by atoms with van der Waals surface area (Å²) in [7, 11) is 0. The van der Waals surface area contributed by atoms with Gasteiger partial charge in [-0.1, -0.05) is 36.4 Å². The number of aromatic amines is 1. The summed E-state index contributed by atoms with van der Waals surface area (Å²) in [4.78, 5) is 4.05. The van der Waals surface area contributed by atoms with Gasteiger partial charge in [-0.3, -0.25) is 10.1 Å². The van der Waals surface area contributed by atoms with Crippen LogP contribution in [-0.4, -0.2) is 15.2 Å². The van der Waals surface area contributed by atoms with E-state index < -0.39 is 0 Å². The third kappa shape index (κ3) is 2.64. The second-order valence-corrected chi connectivity index (χ2v) is 2.96. The fourth-order valence-electron chi connectivity index (χ4n) is 1.16. The highest BCUT2D eigenvalue weighted by Crippen LogP contribution is 2.02. The summed E-state index contributed by atoms with van der Waals surface area (Å²) in [6, 6.07) is 15.8. The Hall–Kier alpha value is -2.16. The number of aromatic nitrogens is 3. The number of pyridine rings is 1. The van der Waals surface area contributed by atoms with E-state index in [4.69, 9.17) is 0 Å². The van der Waals surface area contributed by atoms with Crippen molar-refractivity contribution >= 4 is 11.0 Å². The minimum absolute atomic E-state index is 0.914. The van der Waals surface area contributed by atoms with Gasteiger partial charge in [0.05, 0.1) is 11.7 Å². The maximum atomic E-state index is 4.05. The molecule has 3 aromatic rings. The molecule has 0 saturated carbocycles. The van der Waals surface area contributed by atoms with Crippen LogP contribution in [0.4, 0.5) is 0 Å². The van der Waals surface area contributed by atoms with Crippen LogP contribution >= 0.6 is 0 Å². The van der Waals surface area contributed by atoms with Crippen LogP contribution in [0.2, 0.25) is 0 Å². The molecule has 0 radical (unpaired) electrons. The van der Waals surface area contributed by atoms with Crippen molar-refractivity contribution in [3.8, 4) is 0 Å². The number of hydrogen-bond donors (Lipinski definition) is 1. The molecule has 2 heterocycles. The second kappa shape index (κ2) is 4.91. The highest BCUT2D eigenvalue weighted by molar-refractivity contribution is 5.72. The number of fused-ring (bicyclic) bond motifs is 1. The van der Waals surface area contributed by atoms with Crippen molar-refractivity contribution in [1.82, 2.24) is 15.2 Å². The van der Waals surface area contributed by atoms with E-state index in [0.29, 0.717) is 0 Å². The van der Waals surface area contributed by atoms with Crippen molar-refractivity contribution in [2.45, 2.75) is 0 Å². The zero-order valence-corrected chi connectivity index (χ0v) is 8.17. The fourth-order valence-corrected chi connectivity index (χ4v) is 1.16. The number of H-pyrrole nitrogens is 1. The molecule has 0 atom stereocenters. The molecule has 0 spiro atoms. The zero-order chi connectivity index (χ0) is 10.3. The molecule has 0 saturated heterocycles. The van der Waals surface area contributed by atoms with Crippen LogP contribution < -0.4 is 0 Å². The van der Waals surface area contributed by atoms with Crippen molar-refractivity contribution in [3.63, 3.8) is 0 Å². The van der Waals surface area contributed by atoms with Gasteiger partial charge >= 0.3 is 0 Å². The first-order valence-electron chi connectivity index (χ1n) is 4.71. The topological polar surface area (TPSA) is 41.6 Å². The predicted molar refractivity (Wildman–Crippen MR) is 60.3 cm³/mol. The summed E-state index contributed by atoms with van der Waals surface area (Å²) in [6.07, 6.45) is 3.45. The molecule has 1 N–H and O–H groups in total. The first-order valence-corrected chi connectivity index (χ1v) is 4.71. The van der Waals surface area contributed by atoms with E-state index in [1.54, 1.807) is 12.4 Å². The lowest BCUT2D eigenvalue weighted by Crippen LogP contribution is -1.69. The van der Waals surface area contributed by atoms with Crippen molar-refractivity contribution in [2.75, 3.05) is 0 Å². The minimum atomic E-state index is 0.914. The molecule has 0 amide bonds. The van der Waals surface area contributed by atoms with Crippen LogP contribution in [0, 0.1) is 0 Å². The SMILES string of the molecule is c1ccccc1.c1cnc2cn[nH]c2c1. The zero-order valence-electron chi connectivity index (χ0n) is 8.17. The van der Waals surface area contributed by atoms with E-state index in [2.05, 4.69) is 15.2 Å². The molecule has 1 aromatic carbocycles. The second-order valence-electron chi connectivity index (χ2n) is 2.96. The molecular weight excluding hydrogens is 186 g/mol. The molecule has 3 heteroatoms. The van der Waals surface area contributed by atoms with E-state index in [1.807, 2.05) is 48.5 Å². The molecule has 0 aliphatic heterocycles. The molecule has 0 unspecified atom stereocenters. The molecule has 0 bridgehead atoms. The Balaban J connectivity index is 0.000000124. The maximum absolute atomic E-state index is 4.05. The summed E-state index contributed by atoms with van der Waals surface area (Å²) < 4.78 is 0. The first kappa shape index (κ1) is 9.40. The molecule has 3 nitrogen and oxygen atoms in total. The van der Waals surface area contributed by atoms with Crippen molar-refractivity contribution in [3.05, 3.63) is 60.9 Å². The van der Waals surface area contributed by atoms with Gasteiger partial charge in [0, 0.05) is 6.20 Å². The molecule has 15 heavy (non-hydrogen) atoms. The standard InChI is InChI=1S/C6H5N3.C6H6/c1-2-5-6(7-3-1)4-8-9-5;1-2-4-6-5-3-1/h1-4H,(H,8,9);1-6H. The van der Waals surface area contributed by atoms with E-state index in [1.165, 1.54) is 0 Å². The quantitative estimate of drug-likeness (QED) is 0.602. The van der Waals surface area contributed by atoms with Gasteiger partial charge < -0.3 is 0 Å². The highest BCUT2D eigenvalue weighted by atomic mass is 15.1. The molecule has 3 rings (SSSR count). The van der Waals surface area contributed by atoms with Crippen LogP contribution in [0.3, 0.4) is 0 Å². The molecule has 2 aromatic heterocycles. The van der Waals surface area contributed by atoms with Gasteiger partial charge in [-0.15, -0.1) is 0 Å². The lowest BCUT2D eigenvalue weighted by Gasteiger charge is -1.80. The summed E-state index contributed by atoms with van der Waals surface area (Å²) >= 11 is 0. The average molecular weight is 197 g/mol. The highest BCUT2D eigenvalue weighted by Gasteiger charge is 1.89. The summed E-state index contributed by atoms with van der Waals surface area (Å²) in [5.41, 5.74) is 1.90. The number of rotatable bonds is 0. The Kier molecular flexibility index (Phi) is 3.07. The van der Waals surface area contributed by atoms with Crippen LogP contribution in [0.1, 0.15) is 0 Å². The fraction of sp³-hybridized carbons (Fsp3) is 0. The largest absolute Gasteiger partial charge is 0.276 e. The molecule has 74 valence electrons. The van der Waals surface area contributed by atoms with E-state index in [-0.39, 0.29) is 0 Å². The summed E-state index contributed by atoms with van der Waals surface area (Å²) in [5.74, 6) is 0. The van der Waals surface area contributed by atoms with Gasteiger partial charge in [-0.2, -0.15) is 5.10 Å². The number of benzene rings is 1. The Bertz CT molecular complexity index is 445. The third-order valence-electron chi connectivity index (χ3n) is 1.88. The maximum Gasteiger partial charge on any atom is 0.108 e. The van der Waals surface area contributed by atoms with Gasteiger partial charge in [-0.25, -0.2) is 0 Å². The van der Waals surface area contributed by atoms with Crippen molar-refractivity contribution in [2.24, 2.45) is 0 Å². The van der Waals surface area contributed by atoms with Gasteiger partial charge in [0.25, 0.3) is 0 Å². The Morgan fingerprint density at radius 1 is 0.867 bits per heavy atom. The number of hydrogen-bond acceptors (Lipinski definition) is 2. The predicted octanol–water partition coefficient (Wildman–Crippen LogP) is 2.64. The van der Waals surface area contributed by atoms with Crippen LogP contribution in [0.25, 0.3) is 11.0 Å². The van der Waals surface area contributed by atoms with Crippen LogP contribution in [0.5, 0.6) is 0 Å². The number of nitrogens with one attached hydrogen (secondary N) is 1. The summed E-state index contributed by atoms with van der Waals surface area (Å²) in [5, 5.41) is 6.62. The normalized spacial score (nSPS) is 9.33. The lowest BCUT2D eigenvalue weighted by atomic mass is 10.4. The van der Waals surface area contributed by atoms with Gasteiger partial charge in [0.1, 0.15) is 5.52 Å². The number of nitrogens with zero attached hydrogens (tertiary/aromatic N) is 2. The van der Waals surface area contributed by atoms with Gasteiger partial charge in [-0.05, 0) is 12.1 Å². The third-order valence-corrected chi connectivity index (χ3v) is 1.88. The van der Waals surface area contributed by atoms with Crippen molar-refractivity contribution in [1.29, 1.82) is 0 Å². The van der Waals surface area contributed by atoms with E-state index in [9.17, 15) is 0 Å². The average Bonchev–Trinajstić information content (AvgIpc) is 2.80. The smallest absolute Gasteiger partial charge is 0.108 e. The monoisotopic (exact) mass is 197 g/mol. The lowest BCUT2D eigenvalue weighted by molar-refractivity contribution is 1.12. The van der Waals surface area contributed by atoms with Crippen molar-refractivity contribution < 1.29 is 0 Å². The first-order chi connectivity index (χ1) is 7.47. The molecule has 0 aliphatic rings. The van der Waals surface area contributed by atoms with Crippen LogP contribution in [-0.2, 0) is 0 Å². The van der Waals surface area contributed by atoms with Crippen LogP contribution in [0.15, 0.2) is 60.9 Å². The van der Waals surface area contributed by atoms with Gasteiger partial charge in [0.2, 0.25) is 0 Å².